The van der Waals surface area contributed by atoms with Crippen LogP contribution in [0.15, 0.2) is 22.7 Å². The first-order chi connectivity index (χ1) is 6.15. The third-order valence-electron chi connectivity index (χ3n) is 1.80. The normalized spacial score (nSPS) is 12.0. The van der Waals surface area contributed by atoms with E-state index in [0.717, 1.165) is 4.47 Å². The largest absolute Gasteiger partial charge is 0.396 e. The number of benzene rings is 1. The number of aliphatic hydroxyl groups excluding tert-OH is 1. The predicted octanol–water partition coefficient (Wildman–Crippen LogP) is 2.39. The predicted molar refractivity (Wildman–Crippen MR) is 60.0 cm³/mol. The number of nitrogens with two attached hydrogens (primary N) is 1. The SMILES string of the molecule is Cl.N[C@@H](CCO)c1cc(Br)ccc1F. The van der Waals surface area contributed by atoms with Gasteiger partial charge in [-0.15, -0.1) is 12.4 Å². The van der Waals surface area contributed by atoms with E-state index in [-0.39, 0.29) is 24.8 Å². The minimum Gasteiger partial charge on any atom is -0.396 e. The van der Waals surface area contributed by atoms with Crippen molar-refractivity contribution in [1.29, 1.82) is 0 Å². The summed E-state index contributed by atoms with van der Waals surface area (Å²) < 4.78 is 14.0. The van der Waals surface area contributed by atoms with E-state index in [1.807, 2.05) is 0 Å². The summed E-state index contributed by atoms with van der Waals surface area (Å²) in [4.78, 5) is 0. The lowest BCUT2D eigenvalue weighted by atomic mass is 10.0. The van der Waals surface area contributed by atoms with Crippen molar-refractivity contribution in [3.8, 4) is 0 Å². The molecule has 0 saturated heterocycles. The smallest absolute Gasteiger partial charge is 0.128 e. The van der Waals surface area contributed by atoms with Gasteiger partial charge in [-0.2, -0.15) is 0 Å². The van der Waals surface area contributed by atoms with Crippen molar-refractivity contribution in [2.24, 2.45) is 5.73 Å². The van der Waals surface area contributed by atoms with Gasteiger partial charge < -0.3 is 10.8 Å². The van der Waals surface area contributed by atoms with Crippen LogP contribution in [0.3, 0.4) is 0 Å². The number of halogens is 3. The second kappa shape index (κ2) is 6.35. The highest BCUT2D eigenvalue weighted by atomic mass is 79.9. The molecule has 80 valence electrons. The van der Waals surface area contributed by atoms with Crippen molar-refractivity contribution in [3.05, 3.63) is 34.1 Å². The molecule has 0 saturated carbocycles. The van der Waals surface area contributed by atoms with Crippen LogP contribution in [0.2, 0.25) is 0 Å². The molecule has 0 heterocycles. The van der Waals surface area contributed by atoms with Gasteiger partial charge in [0.15, 0.2) is 0 Å². The number of hydrogen-bond acceptors (Lipinski definition) is 2. The summed E-state index contributed by atoms with van der Waals surface area (Å²) in [7, 11) is 0. The molecular formula is C9H12BrClFNO. The molecule has 1 aromatic rings. The standard InChI is InChI=1S/C9H11BrFNO.ClH/c10-6-1-2-8(11)7(5-6)9(12)3-4-13;/h1-2,5,9,13H,3-4,12H2;1H/t9-;/m0./s1. The topological polar surface area (TPSA) is 46.2 Å². The molecular weight excluding hydrogens is 272 g/mol. The van der Waals surface area contributed by atoms with E-state index in [1.165, 1.54) is 6.07 Å². The fourth-order valence-electron chi connectivity index (χ4n) is 1.09. The van der Waals surface area contributed by atoms with Crippen LogP contribution in [0, 0.1) is 5.82 Å². The molecule has 0 aromatic heterocycles. The fourth-order valence-corrected chi connectivity index (χ4v) is 1.47. The maximum Gasteiger partial charge on any atom is 0.128 e. The van der Waals surface area contributed by atoms with Gasteiger partial charge in [0.25, 0.3) is 0 Å². The first kappa shape index (κ1) is 13.8. The zero-order chi connectivity index (χ0) is 9.84. The van der Waals surface area contributed by atoms with Crippen LogP contribution in [0.1, 0.15) is 18.0 Å². The van der Waals surface area contributed by atoms with Gasteiger partial charge >= 0.3 is 0 Å². The molecule has 0 bridgehead atoms. The molecule has 5 heteroatoms. The Bertz CT molecular complexity index is 298. The Morgan fingerprint density at radius 2 is 2.14 bits per heavy atom. The molecule has 0 radical (unpaired) electrons. The maximum atomic E-state index is 13.2. The third kappa shape index (κ3) is 3.53. The van der Waals surface area contributed by atoms with Crippen molar-refractivity contribution in [3.63, 3.8) is 0 Å². The van der Waals surface area contributed by atoms with E-state index >= 15 is 0 Å². The van der Waals surface area contributed by atoms with Crippen molar-refractivity contribution in [1.82, 2.24) is 0 Å². The minimum absolute atomic E-state index is 0. The summed E-state index contributed by atoms with van der Waals surface area (Å²) in [5.41, 5.74) is 6.09. The van der Waals surface area contributed by atoms with Crippen LogP contribution in [-0.2, 0) is 0 Å². The fraction of sp³-hybridized carbons (Fsp3) is 0.333. The third-order valence-corrected chi connectivity index (χ3v) is 2.29. The molecule has 0 unspecified atom stereocenters. The number of aliphatic hydroxyl groups is 1. The van der Waals surface area contributed by atoms with Gasteiger partial charge in [-0.3, -0.25) is 0 Å². The number of hydrogen-bond donors (Lipinski definition) is 2. The van der Waals surface area contributed by atoms with Crippen LogP contribution in [0.25, 0.3) is 0 Å². The molecule has 14 heavy (non-hydrogen) atoms. The summed E-state index contributed by atoms with van der Waals surface area (Å²) in [5.74, 6) is -0.329. The van der Waals surface area contributed by atoms with Crippen molar-refractivity contribution >= 4 is 28.3 Å². The lowest BCUT2D eigenvalue weighted by molar-refractivity contribution is 0.275. The lowest BCUT2D eigenvalue weighted by Crippen LogP contribution is -2.13. The van der Waals surface area contributed by atoms with Gasteiger partial charge in [-0.1, -0.05) is 15.9 Å². The maximum absolute atomic E-state index is 13.2. The van der Waals surface area contributed by atoms with Gasteiger partial charge in [-0.05, 0) is 24.6 Å². The van der Waals surface area contributed by atoms with E-state index in [0.29, 0.717) is 12.0 Å². The van der Waals surface area contributed by atoms with E-state index in [2.05, 4.69) is 15.9 Å². The zero-order valence-corrected chi connectivity index (χ0v) is 9.81. The van der Waals surface area contributed by atoms with Crippen LogP contribution >= 0.6 is 28.3 Å². The summed E-state index contributed by atoms with van der Waals surface area (Å²) in [6.07, 6.45) is 0.368. The average Bonchev–Trinajstić information content (AvgIpc) is 2.09. The first-order valence-corrected chi connectivity index (χ1v) is 4.76. The Morgan fingerprint density at radius 1 is 1.50 bits per heavy atom. The molecule has 1 rings (SSSR count). The molecule has 0 amide bonds. The van der Waals surface area contributed by atoms with E-state index < -0.39 is 6.04 Å². The monoisotopic (exact) mass is 283 g/mol. The Hall–Kier alpha value is -0.160. The van der Waals surface area contributed by atoms with Gasteiger partial charge in [0, 0.05) is 22.7 Å². The molecule has 0 aliphatic heterocycles. The Kier molecular flexibility index (Phi) is 6.27. The van der Waals surface area contributed by atoms with Crippen molar-refractivity contribution in [2.75, 3.05) is 6.61 Å². The summed E-state index contributed by atoms with van der Waals surface area (Å²) in [5, 5.41) is 8.64. The molecule has 1 atom stereocenters. The Balaban J connectivity index is 0.00000169. The molecule has 0 aliphatic rings. The van der Waals surface area contributed by atoms with Crippen LogP contribution in [-0.4, -0.2) is 11.7 Å². The lowest BCUT2D eigenvalue weighted by Gasteiger charge is -2.11. The van der Waals surface area contributed by atoms with Gasteiger partial charge in [0.05, 0.1) is 0 Å². The van der Waals surface area contributed by atoms with Crippen LogP contribution < -0.4 is 5.73 Å². The Morgan fingerprint density at radius 3 is 2.71 bits per heavy atom. The van der Waals surface area contributed by atoms with E-state index in [4.69, 9.17) is 10.8 Å². The molecule has 2 nitrogen and oxygen atoms in total. The van der Waals surface area contributed by atoms with E-state index in [9.17, 15) is 4.39 Å². The molecule has 1 aromatic carbocycles. The van der Waals surface area contributed by atoms with Crippen LogP contribution in [0.4, 0.5) is 4.39 Å². The highest BCUT2D eigenvalue weighted by Crippen LogP contribution is 2.21. The summed E-state index contributed by atoms with van der Waals surface area (Å²) in [6.45, 7) is -0.0346. The molecule has 3 N–H and O–H groups in total. The zero-order valence-electron chi connectivity index (χ0n) is 7.41. The van der Waals surface area contributed by atoms with Crippen molar-refractivity contribution in [2.45, 2.75) is 12.5 Å². The second-order valence-corrected chi connectivity index (χ2v) is 3.70. The minimum atomic E-state index is -0.442. The summed E-state index contributed by atoms with van der Waals surface area (Å²) in [6, 6.07) is 4.17. The van der Waals surface area contributed by atoms with Crippen LogP contribution in [0.5, 0.6) is 0 Å². The summed E-state index contributed by atoms with van der Waals surface area (Å²) >= 11 is 3.23. The quantitative estimate of drug-likeness (QED) is 0.895. The van der Waals surface area contributed by atoms with Gasteiger partial charge in [-0.25, -0.2) is 4.39 Å². The molecule has 0 spiro atoms. The van der Waals surface area contributed by atoms with E-state index in [1.54, 1.807) is 12.1 Å². The van der Waals surface area contributed by atoms with Gasteiger partial charge in [0.1, 0.15) is 5.82 Å². The number of rotatable bonds is 3. The first-order valence-electron chi connectivity index (χ1n) is 3.96. The van der Waals surface area contributed by atoms with Crippen molar-refractivity contribution < 1.29 is 9.50 Å². The van der Waals surface area contributed by atoms with Gasteiger partial charge in [0.2, 0.25) is 0 Å². The molecule has 0 fully saturated rings. The second-order valence-electron chi connectivity index (χ2n) is 2.78. The Labute approximate surface area is 96.8 Å². The highest BCUT2D eigenvalue weighted by molar-refractivity contribution is 9.10. The molecule has 0 aliphatic carbocycles. The highest BCUT2D eigenvalue weighted by Gasteiger charge is 2.10. The average molecular weight is 285 g/mol.